The Hall–Kier alpha value is -2.16. The molecule has 27 heavy (non-hydrogen) atoms. The van der Waals surface area contributed by atoms with Gasteiger partial charge in [-0.3, -0.25) is 9.98 Å². The maximum atomic E-state index is 13.4. The third-order valence-corrected chi connectivity index (χ3v) is 4.46. The zero-order valence-electron chi connectivity index (χ0n) is 15.6. The van der Waals surface area contributed by atoms with Crippen LogP contribution in [0, 0.1) is 12.7 Å². The van der Waals surface area contributed by atoms with Gasteiger partial charge in [0.25, 0.3) is 0 Å². The third kappa shape index (κ3) is 5.66. The van der Waals surface area contributed by atoms with Gasteiger partial charge in [0, 0.05) is 49.6 Å². The largest absolute Gasteiger partial charge is 0.361 e. The van der Waals surface area contributed by atoms with Gasteiger partial charge in [0.2, 0.25) is 0 Å². The Bertz CT molecular complexity index is 906. The van der Waals surface area contributed by atoms with Gasteiger partial charge in [-0.15, -0.1) is 24.0 Å². The molecule has 3 aromatic rings. The Morgan fingerprint density at radius 3 is 2.59 bits per heavy atom. The van der Waals surface area contributed by atoms with Crippen LogP contribution in [0.4, 0.5) is 4.39 Å². The minimum absolute atomic E-state index is 0. The lowest BCUT2D eigenvalue weighted by molar-refractivity contribution is 0.629. The molecule has 0 bridgehead atoms. The van der Waals surface area contributed by atoms with E-state index >= 15 is 0 Å². The molecular formula is C20H25FIN5. The zero-order valence-corrected chi connectivity index (χ0v) is 17.9. The van der Waals surface area contributed by atoms with Crippen LogP contribution in [0.3, 0.4) is 0 Å². The van der Waals surface area contributed by atoms with Crippen molar-refractivity contribution in [3.63, 3.8) is 0 Å². The molecule has 3 N–H and O–H groups in total. The van der Waals surface area contributed by atoms with Crippen LogP contribution in [0.1, 0.15) is 16.7 Å². The van der Waals surface area contributed by atoms with E-state index in [1.54, 1.807) is 19.2 Å². The van der Waals surface area contributed by atoms with Crippen LogP contribution in [0.15, 0.2) is 47.8 Å². The Balaban J connectivity index is 0.00000261. The van der Waals surface area contributed by atoms with E-state index in [0.717, 1.165) is 48.4 Å². The van der Waals surface area contributed by atoms with Crippen molar-refractivity contribution in [1.29, 1.82) is 0 Å². The predicted molar refractivity (Wildman–Crippen MR) is 119 cm³/mol. The lowest BCUT2D eigenvalue weighted by Gasteiger charge is -2.12. The highest BCUT2D eigenvalue weighted by Gasteiger charge is 2.05. The average molecular weight is 481 g/mol. The summed E-state index contributed by atoms with van der Waals surface area (Å²) in [5.41, 5.74) is 4.53. The number of benzene rings is 1. The van der Waals surface area contributed by atoms with Crippen molar-refractivity contribution in [1.82, 2.24) is 20.6 Å². The number of hydrogen-bond donors (Lipinski definition) is 3. The first-order valence-corrected chi connectivity index (χ1v) is 8.77. The molecule has 2 heterocycles. The first-order chi connectivity index (χ1) is 12.7. The molecule has 0 fully saturated rings. The van der Waals surface area contributed by atoms with E-state index in [9.17, 15) is 4.39 Å². The first kappa shape index (κ1) is 21.1. The third-order valence-electron chi connectivity index (χ3n) is 4.46. The quantitative estimate of drug-likeness (QED) is 0.287. The average Bonchev–Trinajstić information content (AvgIpc) is 3.04. The van der Waals surface area contributed by atoms with E-state index < -0.39 is 0 Å². The Labute approximate surface area is 175 Å². The molecule has 0 atom stereocenters. The number of guanidine groups is 1. The van der Waals surface area contributed by atoms with E-state index in [2.05, 4.69) is 32.5 Å². The Morgan fingerprint density at radius 2 is 1.89 bits per heavy atom. The number of aryl methyl sites for hydroxylation is 1. The van der Waals surface area contributed by atoms with Gasteiger partial charge in [-0.25, -0.2) is 4.39 Å². The molecule has 144 valence electrons. The summed E-state index contributed by atoms with van der Waals surface area (Å²) in [6.45, 7) is 3.58. The summed E-state index contributed by atoms with van der Waals surface area (Å²) in [6, 6.07) is 6.86. The molecule has 1 aromatic carbocycles. The molecule has 0 aliphatic carbocycles. The molecule has 0 unspecified atom stereocenters. The number of rotatable bonds is 6. The van der Waals surface area contributed by atoms with Crippen molar-refractivity contribution in [2.75, 3.05) is 20.1 Å². The van der Waals surface area contributed by atoms with Crippen molar-refractivity contribution < 1.29 is 4.39 Å². The lowest BCUT2D eigenvalue weighted by Crippen LogP contribution is -2.39. The lowest BCUT2D eigenvalue weighted by atomic mass is 10.1. The highest BCUT2D eigenvalue weighted by atomic mass is 127. The van der Waals surface area contributed by atoms with E-state index in [4.69, 9.17) is 0 Å². The number of nitrogens with one attached hydrogen (secondary N) is 3. The van der Waals surface area contributed by atoms with Crippen LogP contribution in [0.5, 0.6) is 0 Å². The van der Waals surface area contributed by atoms with Crippen LogP contribution in [-0.4, -0.2) is 36.1 Å². The van der Waals surface area contributed by atoms with Gasteiger partial charge in [-0.05, 0) is 60.7 Å². The molecule has 0 saturated carbocycles. The number of pyridine rings is 1. The summed E-state index contributed by atoms with van der Waals surface area (Å²) in [6.07, 6.45) is 7.34. The smallest absolute Gasteiger partial charge is 0.190 e. The van der Waals surface area contributed by atoms with Gasteiger partial charge in [0.1, 0.15) is 5.82 Å². The van der Waals surface area contributed by atoms with Gasteiger partial charge < -0.3 is 15.6 Å². The fraction of sp³-hybridized carbons (Fsp3) is 0.300. The number of aliphatic imine (C=N–C) groups is 1. The van der Waals surface area contributed by atoms with Crippen LogP contribution >= 0.6 is 24.0 Å². The van der Waals surface area contributed by atoms with Crippen LogP contribution in [0.2, 0.25) is 0 Å². The Morgan fingerprint density at radius 1 is 1.15 bits per heavy atom. The van der Waals surface area contributed by atoms with E-state index in [0.29, 0.717) is 0 Å². The minimum atomic E-state index is -0.213. The summed E-state index contributed by atoms with van der Waals surface area (Å²) < 4.78 is 13.4. The monoisotopic (exact) mass is 481 g/mol. The van der Waals surface area contributed by atoms with E-state index in [1.165, 1.54) is 17.2 Å². The maximum absolute atomic E-state index is 13.4. The maximum Gasteiger partial charge on any atom is 0.190 e. The summed E-state index contributed by atoms with van der Waals surface area (Å²) in [7, 11) is 1.76. The molecule has 0 radical (unpaired) electrons. The zero-order chi connectivity index (χ0) is 18.4. The molecular weight excluding hydrogens is 456 g/mol. The molecule has 0 spiro atoms. The van der Waals surface area contributed by atoms with Crippen molar-refractivity contribution in [2.24, 2.45) is 4.99 Å². The van der Waals surface area contributed by atoms with E-state index in [-0.39, 0.29) is 29.8 Å². The summed E-state index contributed by atoms with van der Waals surface area (Å²) in [4.78, 5) is 11.5. The Kier molecular flexibility index (Phi) is 8.02. The molecule has 5 nitrogen and oxygen atoms in total. The number of nitrogens with zero attached hydrogens (tertiary/aromatic N) is 2. The minimum Gasteiger partial charge on any atom is -0.361 e. The topological polar surface area (TPSA) is 65.1 Å². The molecule has 0 aliphatic heterocycles. The van der Waals surface area contributed by atoms with Gasteiger partial charge in [0.15, 0.2) is 5.96 Å². The molecule has 0 saturated heterocycles. The number of hydrogen-bond acceptors (Lipinski definition) is 2. The van der Waals surface area contributed by atoms with Crippen molar-refractivity contribution >= 4 is 40.8 Å². The van der Waals surface area contributed by atoms with Gasteiger partial charge in [0.05, 0.1) is 0 Å². The number of halogens is 2. The molecule has 2 aromatic heterocycles. The van der Waals surface area contributed by atoms with Gasteiger partial charge >= 0.3 is 0 Å². The van der Waals surface area contributed by atoms with Crippen LogP contribution < -0.4 is 10.6 Å². The SMILES string of the molecule is CN=C(NCCc1ccncc1C)NCCc1c[nH]c2ccc(F)cc12.I. The second-order valence-electron chi connectivity index (χ2n) is 6.23. The standard InChI is InChI=1S/C20H24FN5.HI/c1-14-12-23-8-5-15(14)6-9-24-20(22-2)25-10-7-16-13-26-19-4-3-17(21)11-18(16)19;/h3-5,8,11-13,26H,6-7,9-10H2,1-2H3,(H2,22,24,25);1H. The van der Waals surface area contributed by atoms with Gasteiger partial charge in [-0.2, -0.15) is 0 Å². The first-order valence-electron chi connectivity index (χ1n) is 8.77. The molecule has 0 aliphatic rings. The summed E-state index contributed by atoms with van der Waals surface area (Å²) in [5, 5.41) is 7.56. The highest BCUT2D eigenvalue weighted by Crippen LogP contribution is 2.19. The number of aromatic amines is 1. The highest BCUT2D eigenvalue weighted by molar-refractivity contribution is 14.0. The predicted octanol–water partition coefficient (Wildman–Crippen LogP) is 3.58. The van der Waals surface area contributed by atoms with Crippen molar-refractivity contribution in [3.05, 3.63) is 65.4 Å². The van der Waals surface area contributed by atoms with E-state index in [1.807, 2.05) is 24.7 Å². The van der Waals surface area contributed by atoms with Crippen LogP contribution in [-0.2, 0) is 12.8 Å². The number of aromatic nitrogens is 2. The second kappa shape index (κ2) is 10.2. The van der Waals surface area contributed by atoms with Crippen molar-refractivity contribution in [3.8, 4) is 0 Å². The fourth-order valence-electron chi connectivity index (χ4n) is 2.99. The normalized spacial score (nSPS) is 11.3. The van der Waals surface area contributed by atoms with Crippen LogP contribution in [0.25, 0.3) is 10.9 Å². The summed E-state index contributed by atoms with van der Waals surface area (Å²) in [5.74, 6) is 0.554. The molecule has 0 amide bonds. The molecule has 3 rings (SSSR count). The fourth-order valence-corrected chi connectivity index (χ4v) is 2.99. The van der Waals surface area contributed by atoms with Gasteiger partial charge in [-0.1, -0.05) is 0 Å². The second-order valence-corrected chi connectivity index (χ2v) is 6.23. The number of fused-ring (bicyclic) bond motifs is 1. The summed E-state index contributed by atoms with van der Waals surface area (Å²) >= 11 is 0. The number of H-pyrrole nitrogens is 1. The van der Waals surface area contributed by atoms with Crippen molar-refractivity contribution in [2.45, 2.75) is 19.8 Å². The molecule has 7 heteroatoms.